The third-order valence-corrected chi connectivity index (χ3v) is 3.66. The van der Waals surface area contributed by atoms with E-state index >= 15 is 0 Å². The molecule has 2 rings (SSSR count). The number of rotatable bonds is 5. The number of ether oxygens (including phenoxy) is 1. The first-order chi connectivity index (χ1) is 11.0. The van der Waals surface area contributed by atoms with Crippen molar-refractivity contribution in [1.29, 1.82) is 0 Å². The third kappa shape index (κ3) is 4.55. The number of nitro benzene ring substituents is 1. The number of halogens is 2. The Hall–Kier alpha value is -2.37. The molecule has 2 aromatic carbocycles. The Balaban J connectivity index is 2.04. The maximum absolute atomic E-state index is 11.7. The fourth-order valence-electron chi connectivity index (χ4n) is 1.81. The molecule has 0 aliphatic rings. The lowest BCUT2D eigenvalue weighted by Crippen LogP contribution is -2.02. The van der Waals surface area contributed by atoms with Crippen molar-refractivity contribution in [3.63, 3.8) is 0 Å². The summed E-state index contributed by atoms with van der Waals surface area (Å²) in [6.45, 7) is -0.0848. The van der Waals surface area contributed by atoms with Gasteiger partial charge in [0, 0.05) is 27.8 Å². The summed E-state index contributed by atoms with van der Waals surface area (Å²) in [6.07, 6.45) is 2.45. The molecular weight excluding hydrogens is 341 g/mol. The van der Waals surface area contributed by atoms with E-state index in [0.29, 0.717) is 21.2 Å². The largest absolute Gasteiger partial charge is 0.458 e. The van der Waals surface area contributed by atoms with Gasteiger partial charge in [-0.3, -0.25) is 10.1 Å². The first kappa shape index (κ1) is 17.0. The summed E-state index contributed by atoms with van der Waals surface area (Å²) < 4.78 is 5.05. The van der Waals surface area contributed by atoms with Crippen LogP contribution in [0.5, 0.6) is 0 Å². The number of hydrogen-bond donors (Lipinski definition) is 0. The predicted octanol–water partition coefficient (Wildman–Crippen LogP) is 4.66. The van der Waals surface area contributed by atoms with Crippen molar-refractivity contribution in [2.24, 2.45) is 0 Å². The minimum Gasteiger partial charge on any atom is -0.458 e. The second kappa shape index (κ2) is 7.76. The van der Waals surface area contributed by atoms with E-state index in [1.165, 1.54) is 18.2 Å². The Bertz CT molecular complexity index is 754. The van der Waals surface area contributed by atoms with E-state index in [1.54, 1.807) is 30.3 Å². The molecule has 0 bridgehead atoms. The molecule has 0 fully saturated rings. The summed E-state index contributed by atoms with van der Waals surface area (Å²) in [5.74, 6) is -0.654. The molecule has 0 aromatic heterocycles. The molecule has 0 saturated heterocycles. The fraction of sp³-hybridized carbons (Fsp3) is 0.0625. The molecule has 0 spiro atoms. The lowest BCUT2D eigenvalue weighted by molar-refractivity contribution is -0.385. The molecule has 118 valence electrons. The fourth-order valence-corrected chi connectivity index (χ4v) is 2.32. The minimum absolute atomic E-state index is 0.0848. The molecule has 0 N–H and O–H groups in total. The molecule has 0 aliphatic heterocycles. The van der Waals surface area contributed by atoms with E-state index in [9.17, 15) is 14.9 Å². The van der Waals surface area contributed by atoms with Crippen LogP contribution in [-0.4, -0.2) is 10.9 Å². The van der Waals surface area contributed by atoms with Gasteiger partial charge in [-0.05, 0) is 24.3 Å². The molecule has 23 heavy (non-hydrogen) atoms. The van der Waals surface area contributed by atoms with E-state index < -0.39 is 10.9 Å². The van der Waals surface area contributed by atoms with Crippen LogP contribution >= 0.6 is 23.2 Å². The Morgan fingerprint density at radius 2 is 1.78 bits per heavy atom. The zero-order valence-corrected chi connectivity index (χ0v) is 13.3. The highest BCUT2D eigenvalue weighted by molar-refractivity contribution is 6.35. The number of nitro groups is 1. The maximum atomic E-state index is 11.7. The zero-order chi connectivity index (χ0) is 16.8. The van der Waals surface area contributed by atoms with E-state index in [-0.39, 0.29) is 12.3 Å². The van der Waals surface area contributed by atoms with E-state index in [0.717, 1.165) is 6.08 Å². The van der Waals surface area contributed by atoms with Crippen LogP contribution in [0.3, 0.4) is 0 Å². The predicted molar refractivity (Wildman–Crippen MR) is 88.4 cm³/mol. The van der Waals surface area contributed by atoms with Crippen molar-refractivity contribution in [2.45, 2.75) is 6.61 Å². The van der Waals surface area contributed by atoms with Crippen LogP contribution in [0.2, 0.25) is 10.0 Å². The van der Waals surface area contributed by atoms with Gasteiger partial charge in [-0.2, -0.15) is 0 Å². The zero-order valence-electron chi connectivity index (χ0n) is 11.7. The molecule has 0 aliphatic carbocycles. The van der Waals surface area contributed by atoms with Gasteiger partial charge in [-0.15, -0.1) is 0 Å². The Labute approximate surface area is 142 Å². The van der Waals surface area contributed by atoms with Crippen LogP contribution in [0.25, 0.3) is 6.08 Å². The van der Waals surface area contributed by atoms with Crippen molar-refractivity contribution >= 4 is 40.9 Å². The summed E-state index contributed by atoms with van der Waals surface area (Å²) in [6, 6.07) is 11.0. The van der Waals surface area contributed by atoms with E-state index in [1.807, 2.05) is 0 Å². The lowest BCUT2D eigenvalue weighted by Gasteiger charge is -2.06. The summed E-state index contributed by atoms with van der Waals surface area (Å²) >= 11 is 11.9. The highest BCUT2D eigenvalue weighted by atomic mass is 35.5. The number of benzene rings is 2. The molecular formula is C16H11Cl2NO4. The highest BCUT2D eigenvalue weighted by Crippen LogP contribution is 2.25. The number of hydrogen-bond acceptors (Lipinski definition) is 4. The SMILES string of the molecule is O=C(C=Cc1ccccc1[N+](=O)[O-])OCc1c(Cl)cccc1Cl. The van der Waals surface area contributed by atoms with Gasteiger partial charge in [0.25, 0.3) is 5.69 Å². The number of para-hydroxylation sites is 1. The van der Waals surface area contributed by atoms with Gasteiger partial charge in [-0.25, -0.2) is 4.79 Å². The van der Waals surface area contributed by atoms with Gasteiger partial charge in [0.15, 0.2) is 0 Å². The average Bonchev–Trinajstić information content (AvgIpc) is 2.52. The molecule has 0 atom stereocenters. The van der Waals surface area contributed by atoms with Crippen LogP contribution in [0.1, 0.15) is 11.1 Å². The van der Waals surface area contributed by atoms with Crippen molar-refractivity contribution < 1.29 is 14.5 Å². The number of carbonyl (C=O) groups excluding carboxylic acids is 1. The van der Waals surface area contributed by atoms with Gasteiger partial charge in [0.2, 0.25) is 0 Å². The summed E-state index contributed by atoms with van der Waals surface area (Å²) in [7, 11) is 0. The van der Waals surface area contributed by atoms with Crippen LogP contribution in [0.4, 0.5) is 5.69 Å². The molecule has 5 nitrogen and oxygen atoms in total. The van der Waals surface area contributed by atoms with Gasteiger partial charge in [-0.1, -0.05) is 41.4 Å². The average molecular weight is 352 g/mol. The maximum Gasteiger partial charge on any atom is 0.331 e. The van der Waals surface area contributed by atoms with Crippen molar-refractivity contribution in [3.8, 4) is 0 Å². The van der Waals surface area contributed by atoms with Crippen LogP contribution < -0.4 is 0 Å². The monoisotopic (exact) mass is 351 g/mol. The first-order valence-corrected chi connectivity index (χ1v) is 7.26. The molecule has 0 heterocycles. The highest BCUT2D eigenvalue weighted by Gasteiger charge is 2.11. The van der Waals surface area contributed by atoms with Crippen molar-refractivity contribution in [3.05, 3.63) is 79.8 Å². The molecule has 0 saturated carbocycles. The third-order valence-electron chi connectivity index (χ3n) is 2.95. The molecule has 0 unspecified atom stereocenters. The summed E-state index contributed by atoms with van der Waals surface area (Å²) in [4.78, 5) is 22.1. The standard InChI is InChI=1S/C16H11Cl2NO4/c17-13-5-3-6-14(18)12(13)10-23-16(20)9-8-11-4-1-2-7-15(11)19(21)22/h1-9H,10H2. The van der Waals surface area contributed by atoms with Gasteiger partial charge < -0.3 is 4.74 Å². The Kier molecular flexibility index (Phi) is 5.73. The van der Waals surface area contributed by atoms with Crippen LogP contribution in [0, 0.1) is 10.1 Å². The number of carbonyl (C=O) groups is 1. The van der Waals surface area contributed by atoms with Crippen LogP contribution in [0.15, 0.2) is 48.5 Å². The number of nitrogens with zero attached hydrogens (tertiary/aromatic N) is 1. The molecule has 7 heteroatoms. The minimum atomic E-state index is -0.654. The lowest BCUT2D eigenvalue weighted by atomic mass is 10.1. The van der Waals surface area contributed by atoms with Crippen molar-refractivity contribution in [1.82, 2.24) is 0 Å². The Morgan fingerprint density at radius 3 is 2.43 bits per heavy atom. The Morgan fingerprint density at radius 1 is 1.13 bits per heavy atom. The van der Waals surface area contributed by atoms with Gasteiger partial charge >= 0.3 is 5.97 Å². The second-order valence-electron chi connectivity index (χ2n) is 4.46. The van der Waals surface area contributed by atoms with Crippen molar-refractivity contribution in [2.75, 3.05) is 0 Å². The van der Waals surface area contributed by atoms with Gasteiger partial charge in [0.05, 0.1) is 10.5 Å². The summed E-state index contributed by atoms with van der Waals surface area (Å²) in [5.41, 5.74) is 0.721. The second-order valence-corrected chi connectivity index (χ2v) is 5.27. The smallest absolute Gasteiger partial charge is 0.331 e. The quantitative estimate of drug-likeness (QED) is 0.340. The van der Waals surface area contributed by atoms with Gasteiger partial charge in [0.1, 0.15) is 6.61 Å². The normalized spacial score (nSPS) is 10.7. The van der Waals surface area contributed by atoms with E-state index in [2.05, 4.69) is 0 Å². The molecule has 0 radical (unpaired) electrons. The van der Waals surface area contributed by atoms with E-state index in [4.69, 9.17) is 27.9 Å². The first-order valence-electron chi connectivity index (χ1n) is 6.50. The van der Waals surface area contributed by atoms with Crippen LogP contribution in [-0.2, 0) is 16.1 Å². The summed E-state index contributed by atoms with van der Waals surface area (Å²) in [5, 5.41) is 11.7. The topological polar surface area (TPSA) is 69.4 Å². The molecule has 2 aromatic rings. The number of esters is 1. The molecule has 0 amide bonds.